The molecule has 0 saturated carbocycles. The van der Waals surface area contributed by atoms with Crippen LogP contribution < -0.4 is 19.6 Å². The number of hydrogen-bond donors (Lipinski definition) is 0. The Morgan fingerprint density at radius 2 is 0.308 bits per heavy atom. The molecule has 4 nitrogen and oxygen atoms in total. The fourth-order valence-electron chi connectivity index (χ4n) is 22.3. The van der Waals surface area contributed by atoms with Crippen molar-refractivity contribution >= 4 is 133 Å². The third-order valence-corrected chi connectivity index (χ3v) is 28.8. The molecule has 146 heavy (non-hydrogen) atoms. The van der Waals surface area contributed by atoms with Gasteiger partial charge in [0, 0.05) is 67.0 Å². The molecule has 0 aliphatic rings. The van der Waals surface area contributed by atoms with Crippen LogP contribution in [-0.2, 0) is 0 Å². The molecule has 0 fully saturated rings. The predicted molar refractivity (Wildman–Crippen MR) is 619 cm³/mol. The normalized spacial score (nSPS) is 11.5. The van der Waals surface area contributed by atoms with E-state index < -0.39 is 0 Å². The van der Waals surface area contributed by atoms with Gasteiger partial charge in [0.15, 0.2) is 0 Å². The molecule has 6 heteroatoms. The molecular formula is C140H110F2N4. The van der Waals surface area contributed by atoms with Crippen LogP contribution in [0.3, 0.4) is 0 Å². The van der Waals surface area contributed by atoms with Crippen molar-refractivity contribution in [1.82, 2.24) is 0 Å². The molecule has 24 aromatic rings. The first-order valence-corrected chi connectivity index (χ1v) is 50.5. The standard InChI is InChI=1S/C72H60N2.C68H50F2N2/c1-45-13-9-17-55(31-45)59-39-60(56-18-10-14-46(2)32-56)42-65(41-59)73(63-35-49(5)29-50(6)36-63)69-27-23-53-22-26-68-70(28-24-54-21-25-67(69)71(53)72(54)68)74(64-37-51(7)30-52(8)38-64)66-43-61(57-19-11-15-47(3)33-57)40-62(44-66)58-20-12-16-48(4)34-58;1-43-11-5-15-49(31-43)53-35-54(50-16-6-12-44(2)32-50)38-61(37-53)71(59-21-9-19-57(69)41-59)65-29-25-47-24-28-64-66(30-26-48-23-27-63(65)67(47)68(48)64)72(60-22-10-20-58(70)42-60)62-39-55(51-17-7-13-45(3)33-51)36-56(40-62)52-18-8-14-46(4)34-52/h9-44H,1-8H3;5-42H,1-4H3. The number of anilines is 12. The highest BCUT2D eigenvalue weighted by Gasteiger charge is 2.29. The molecule has 0 aliphatic carbocycles. The summed E-state index contributed by atoms with van der Waals surface area (Å²) in [6, 6.07) is 162. The first-order chi connectivity index (χ1) is 71.0. The van der Waals surface area contributed by atoms with Gasteiger partial charge in [-0.25, -0.2) is 8.78 Å². The highest BCUT2D eigenvalue weighted by Crippen LogP contribution is 2.54. The van der Waals surface area contributed by atoms with E-state index in [9.17, 15) is 0 Å². The quantitative estimate of drug-likeness (QED) is 0.0705. The maximum absolute atomic E-state index is 15.6. The van der Waals surface area contributed by atoms with E-state index in [1.54, 1.807) is 24.3 Å². The third-order valence-electron chi connectivity index (χ3n) is 28.8. The molecule has 0 spiro atoms. The van der Waals surface area contributed by atoms with Gasteiger partial charge < -0.3 is 19.6 Å². The van der Waals surface area contributed by atoms with Crippen LogP contribution in [0.4, 0.5) is 77.0 Å². The number of halogens is 2. The zero-order valence-corrected chi connectivity index (χ0v) is 84.3. The van der Waals surface area contributed by atoms with E-state index in [4.69, 9.17) is 0 Å². The van der Waals surface area contributed by atoms with Gasteiger partial charge in [0.25, 0.3) is 0 Å². The van der Waals surface area contributed by atoms with E-state index in [-0.39, 0.29) is 11.6 Å². The van der Waals surface area contributed by atoms with Gasteiger partial charge in [-0.15, -0.1) is 0 Å². The molecule has 0 aromatic heterocycles. The Morgan fingerprint density at radius 1 is 0.130 bits per heavy atom. The van der Waals surface area contributed by atoms with Gasteiger partial charge in [-0.1, -0.05) is 336 Å². The number of rotatable bonds is 20. The van der Waals surface area contributed by atoms with E-state index in [0.717, 1.165) is 134 Å². The minimum Gasteiger partial charge on any atom is -0.310 e. The van der Waals surface area contributed by atoms with Crippen LogP contribution in [0.15, 0.2) is 449 Å². The summed E-state index contributed by atoms with van der Waals surface area (Å²) in [6.07, 6.45) is 0. The van der Waals surface area contributed by atoms with Crippen LogP contribution in [0.25, 0.3) is 154 Å². The summed E-state index contributed by atoms with van der Waals surface area (Å²) in [6.45, 7) is 26.0. The van der Waals surface area contributed by atoms with Crippen molar-refractivity contribution in [3.05, 3.63) is 527 Å². The summed E-state index contributed by atoms with van der Waals surface area (Å²) in [5.74, 6) is -0.633. The topological polar surface area (TPSA) is 13.0 Å². The highest BCUT2D eigenvalue weighted by atomic mass is 19.1. The maximum Gasteiger partial charge on any atom is 0.125 e. The Bertz CT molecular complexity index is 8410. The van der Waals surface area contributed by atoms with Crippen LogP contribution in [0.2, 0.25) is 0 Å². The molecule has 0 radical (unpaired) electrons. The molecule has 0 N–H and O–H groups in total. The van der Waals surface area contributed by atoms with E-state index >= 15 is 8.78 Å². The molecule has 0 amide bonds. The number of nitrogens with zero attached hydrogens (tertiary/aromatic N) is 4. The molecule has 0 aliphatic heterocycles. The average Bonchev–Trinajstić information content (AvgIpc) is 0.719. The summed E-state index contributed by atoms with van der Waals surface area (Å²) in [5, 5.41) is 13.7. The Balaban J connectivity index is 0.000000161. The Morgan fingerprint density at radius 3 is 0.500 bits per heavy atom. The van der Waals surface area contributed by atoms with Crippen molar-refractivity contribution in [2.24, 2.45) is 0 Å². The summed E-state index contributed by atoms with van der Waals surface area (Å²) >= 11 is 0. The van der Waals surface area contributed by atoms with Gasteiger partial charge in [0.05, 0.1) is 22.7 Å². The molecule has 0 saturated heterocycles. The van der Waals surface area contributed by atoms with Crippen molar-refractivity contribution in [2.75, 3.05) is 19.6 Å². The Hall–Kier alpha value is -17.6. The van der Waals surface area contributed by atoms with Gasteiger partial charge in [0.2, 0.25) is 0 Å². The number of hydrogen-bond acceptors (Lipinski definition) is 4. The minimum atomic E-state index is -0.317. The molecule has 0 unspecified atom stereocenters. The lowest BCUT2D eigenvalue weighted by Crippen LogP contribution is -2.12. The molecule has 0 heterocycles. The van der Waals surface area contributed by atoms with E-state index in [2.05, 4.69) is 503 Å². The smallest absolute Gasteiger partial charge is 0.125 e. The van der Waals surface area contributed by atoms with Crippen molar-refractivity contribution in [2.45, 2.75) is 83.1 Å². The van der Waals surface area contributed by atoms with Gasteiger partial charge in [-0.2, -0.15) is 0 Å². The Kier molecular flexibility index (Phi) is 24.2. The second-order valence-electron chi connectivity index (χ2n) is 40.2. The fraction of sp³-hybridized carbons (Fsp3) is 0.0857. The largest absolute Gasteiger partial charge is 0.310 e. The summed E-state index contributed by atoms with van der Waals surface area (Å²) < 4.78 is 31.2. The lowest BCUT2D eigenvalue weighted by Gasteiger charge is -2.31. The Labute approximate surface area is 854 Å². The lowest BCUT2D eigenvalue weighted by molar-refractivity contribution is 0.627. The van der Waals surface area contributed by atoms with Crippen LogP contribution in [-0.4, -0.2) is 0 Å². The maximum atomic E-state index is 15.6. The van der Waals surface area contributed by atoms with Crippen LogP contribution >= 0.6 is 0 Å². The SMILES string of the molecule is Cc1cccc(-c2cc(-c3cccc(C)c3)cc(N(c3cc(C)cc(C)c3)c3ccc4ccc5c(N(c6cc(C)cc(C)c6)c6cc(-c7cccc(C)c7)cc(-c7cccc(C)c7)c6)ccc6ccc3c4c65)c2)c1.Cc1cccc(-c2cc(-c3cccc(C)c3)cc(N(c3cccc(F)c3)c3ccc4ccc5c(N(c6cccc(F)c6)c6cc(-c7cccc(C)c7)cc(-c7cccc(C)c7)c6)ccc6ccc3c4c65)c2)c1. The summed E-state index contributed by atoms with van der Waals surface area (Å²) in [7, 11) is 0. The average molecular weight is 1890 g/mol. The van der Waals surface area contributed by atoms with Crippen LogP contribution in [0.1, 0.15) is 66.8 Å². The lowest BCUT2D eigenvalue weighted by atomic mass is 9.91. The van der Waals surface area contributed by atoms with Gasteiger partial charge in [0.1, 0.15) is 11.6 Å². The minimum absolute atomic E-state index is 0.317. The molecule has 0 atom stereocenters. The van der Waals surface area contributed by atoms with Crippen molar-refractivity contribution in [1.29, 1.82) is 0 Å². The molecule has 24 rings (SSSR count). The van der Waals surface area contributed by atoms with Crippen molar-refractivity contribution < 1.29 is 8.78 Å². The highest BCUT2D eigenvalue weighted by molar-refractivity contribution is 6.30. The van der Waals surface area contributed by atoms with Crippen molar-refractivity contribution in [3.8, 4) is 89.0 Å². The second kappa shape index (κ2) is 38.4. The monoisotopic (exact) mass is 1880 g/mol. The van der Waals surface area contributed by atoms with Gasteiger partial charge >= 0.3 is 0 Å². The van der Waals surface area contributed by atoms with E-state index in [1.807, 2.05) is 12.1 Å². The molecule has 24 aromatic carbocycles. The van der Waals surface area contributed by atoms with Crippen molar-refractivity contribution in [3.63, 3.8) is 0 Å². The van der Waals surface area contributed by atoms with Crippen LogP contribution in [0, 0.1) is 94.7 Å². The van der Waals surface area contributed by atoms with Gasteiger partial charge in [-0.3, -0.25) is 0 Å². The fourth-order valence-corrected chi connectivity index (χ4v) is 22.3. The van der Waals surface area contributed by atoms with E-state index in [0.29, 0.717) is 11.4 Å². The number of benzene rings is 24. The molecule has 704 valence electrons. The van der Waals surface area contributed by atoms with Gasteiger partial charge in [-0.05, 0) is 395 Å². The first-order valence-electron chi connectivity index (χ1n) is 50.5. The van der Waals surface area contributed by atoms with Crippen LogP contribution in [0.5, 0.6) is 0 Å². The number of aryl methyl sites for hydroxylation is 12. The zero-order chi connectivity index (χ0) is 99.8. The second-order valence-corrected chi connectivity index (χ2v) is 40.2. The zero-order valence-electron chi connectivity index (χ0n) is 84.3. The van der Waals surface area contributed by atoms with E-state index in [1.165, 1.54) is 156 Å². The summed E-state index contributed by atoms with van der Waals surface area (Å²) in [4.78, 5) is 9.43. The summed E-state index contributed by atoms with van der Waals surface area (Å²) in [5.41, 5.74) is 44.6. The molecular weight excluding hydrogens is 1780 g/mol. The first kappa shape index (κ1) is 92.2. The molecule has 0 bridgehead atoms. The predicted octanol–water partition coefficient (Wildman–Crippen LogP) is 40.4. The third kappa shape index (κ3) is 18.2.